The van der Waals surface area contributed by atoms with Crippen LogP contribution < -0.4 is 11.1 Å². The fourth-order valence-corrected chi connectivity index (χ4v) is 1.82. The molecule has 0 amide bonds. The van der Waals surface area contributed by atoms with Crippen molar-refractivity contribution in [3.05, 3.63) is 11.2 Å². The molecule has 1 saturated carbocycles. The van der Waals surface area contributed by atoms with Crippen LogP contribution in [0.1, 0.15) is 12.8 Å². The summed E-state index contributed by atoms with van der Waals surface area (Å²) in [4.78, 5) is 3.98. The van der Waals surface area contributed by atoms with Crippen molar-refractivity contribution >= 4 is 15.0 Å². The first-order chi connectivity index (χ1) is 5.60. The Labute approximate surface area is 70.3 Å². The molecule has 0 aromatic rings. The number of nitrogens with zero attached hydrogens (tertiary/aromatic N) is 1. The molecule has 0 radical (unpaired) electrons. The van der Waals surface area contributed by atoms with Crippen LogP contribution in [0.25, 0.3) is 0 Å². The SMILES string of the molecule is NC1=CNC(=NC2CC2)S1(=O)=O. The lowest BCUT2D eigenvalue weighted by atomic mass is 10.7. The van der Waals surface area contributed by atoms with E-state index >= 15 is 0 Å². The van der Waals surface area contributed by atoms with Gasteiger partial charge in [0.05, 0.1) is 6.04 Å². The van der Waals surface area contributed by atoms with Crippen LogP contribution in [0.15, 0.2) is 16.2 Å². The van der Waals surface area contributed by atoms with Gasteiger partial charge < -0.3 is 11.1 Å². The molecule has 6 heteroatoms. The Balaban J connectivity index is 2.32. The first-order valence-electron chi connectivity index (χ1n) is 3.66. The van der Waals surface area contributed by atoms with Crippen molar-refractivity contribution in [3.8, 4) is 0 Å². The maximum Gasteiger partial charge on any atom is 0.255 e. The number of aliphatic imine (C=N–C) groups is 1. The zero-order valence-electron chi connectivity index (χ0n) is 6.32. The molecule has 66 valence electrons. The van der Waals surface area contributed by atoms with Gasteiger partial charge in [0.25, 0.3) is 9.84 Å². The molecule has 0 aromatic carbocycles. The van der Waals surface area contributed by atoms with E-state index in [-0.39, 0.29) is 16.2 Å². The number of nitrogens with one attached hydrogen (secondary N) is 1. The van der Waals surface area contributed by atoms with Crippen molar-refractivity contribution in [3.63, 3.8) is 0 Å². The highest BCUT2D eigenvalue weighted by molar-refractivity contribution is 8.09. The molecule has 1 fully saturated rings. The van der Waals surface area contributed by atoms with E-state index < -0.39 is 9.84 Å². The van der Waals surface area contributed by atoms with Crippen LogP contribution in [-0.2, 0) is 9.84 Å². The lowest BCUT2D eigenvalue weighted by Gasteiger charge is -1.96. The minimum Gasteiger partial charge on any atom is -0.388 e. The number of rotatable bonds is 1. The second-order valence-corrected chi connectivity index (χ2v) is 4.72. The molecular formula is C6H9N3O2S. The fourth-order valence-electron chi connectivity index (χ4n) is 0.876. The molecule has 12 heavy (non-hydrogen) atoms. The molecule has 1 aliphatic heterocycles. The van der Waals surface area contributed by atoms with E-state index in [1.165, 1.54) is 6.20 Å². The van der Waals surface area contributed by atoms with Gasteiger partial charge in [-0.25, -0.2) is 8.42 Å². The number of nitrogens with two attached hydrogens (primary N) is 1. The van der Waals surface area contributed by atoms with Gasteiger partial charge in [0.15, 0.2) is 0 Å². The summed E-state index contributed by atoms with van der Waals surface area (Å²) in [5.74, 6) is 0. The quantitative estimate of drug-likeness (QED) is 0.567. The van der Waals surface area contributed by atoms with Gasteiger partial charge in [-0.05, 0) is 12.8 Å². The minimum absolute atomic E-state index is 0.00231. The molecule has 0 atom stereocenters. The van der Waals surface area contributed by atoms with Gasteiger partial charge in [-0.1, -0.05) is 0 Å². The molecule has 2 aliphatic rings. The summed E-state index contributed by atoms with van der Waals surface area (Å²) in [6, 6.07) is 0.182. The first-order valence-corrected chi connectivity index (χ1v) is 5.14. The average Bonchev–Trinajstić information content (AvgIpc) is 2.75. The second-order valence-electron chi connectivity index (χ2n) is 2.86. The van der Waals surface area contributed by atoms with E-state index in [1.807, 2.05) is 0 Å². The first kappa shape index (κ1) is 7.60. The summed E-state index contributed by atoms with van der Waals surface area (Å²) in [5.41, 5.74) is 5.23. The number of sulfone groups is 1. The molecule has 1 aliphatic carbocycles. The normalized spacial score (nSPS) is 30.0. The van der Waals surface area contributed by atoms with E-state index in [1.54, 1.807) is 0 Å². The Morgan fingerprint density at radius 3 is 2.67 bits per heavy atom. The summed E-state index contributed by atoms with van der Waals surface area (Å²) >= 11 is 0. The fraction of sp³-hybridized carbons (Fsp3) is 0.500. The van der Waals surface area contributed by atoms with Crippen molar-refractivity contribution in [2.75, 3.05) is 0 Å². The molecule has 0 saturated heterocycles. The molecule has 0 bridgehead atoms. The average molecular weight is 187 g/mol. The van der Waals surface area contributed by atoms with Gasteiger partial charge in [-0.2, -0.15) is 0 Å². The van der Waals surface area contributed by atoms with Crippen LogP contribution >= 0.6 is 0 Å². The minimum atomic E-state index is -3.44. The summed E-state index contributed by atoms with van der Waals surface area (Å²) < 4.78 is 22.5. The smallest absolute Gasteiger partial charge is 0.255 e. The van der Waals surface area contributed by atoms with Crippen molar-refractivity contribution in [1.29, 1.82) is 0 Å². The van der Waals surface area contributed by atoms with E-state index in [9.17, 15) is 8.42 Å². The lowest BCUT2D eigenvalue weighted by molar-refractivity contribution is 0.612. The van der Waals surface area contributed by atoms with Crippen LogP contribution in [-0.4, -0.2) is 19.6 Å². The molecule has 2 rings (SSSR count). The number of hydrogen-bond donors (Lipinski definition) is 2. The molecule has 3 N–H and O–H groups in total. The highest BCUT2D eigenvalue weighted by Crippen LogP contribution is 2.25. The topological polar surface area (TPSA) is 84.5 Å². The largest absolute Gasteiger partial charge is 0.388 e. The lowest BCUT2D eigenvalue weighted by Crippen LogP contribution is -2.22. The van der Waals surface area contributed by atoms with Crippen LogP contribution in [0.4, 0.5) is 0 Å². The Bertz CT molecular complexity index is 364. The van der Waals surface area contributed by atoms with E-state index in [4.69, 9.17) is 5.73 Å². The summed E-state index contributed by atoms with van der Waals surface area (Å²) in [6.45, 7) is 0. The number of amidine groups is 1. The second kappa shape index (κ2) is 2.22. The Kier molecular flexibility index (Phi) is 1.41. The molecule has 1 heterocycles. The van der Waals surface area contributed by atoms with Crippen LogP contribution in [0, 0.1) is 0 Å². The Morgan fingerprint density at radius 1 is 1.58 bits per heavy atom. The Hall–Kier alpha value is -1.04. The maximum absolute atomic E-state index is 11.3. The van der Waals surface area contributed by atoms with E-state index in [2.05, 4.69) is 10.3 Å². The molecule has 0 spiro atoms. The van der Waals surface area contributed by atoms with E-state index in [0.717, 1.165) is 12.8 Å². The van der Waals surface area contributed by atoms with Gasteiger partial charge in [-0.15, -0.1) is 0 Å². The van der Waals surface area contributed by atoms with E-state index in [0.29, 0.717) is 0 Å². The van der Waals surface area contributed by atoms with Gasteiger partial charge in [0.2, 0.25) is 5.17 Å². The van der Waals surface area contributed by atoms with Gasteiger partial charge in [0.1, 0.15) is 5.03 Å². The van der Waals surface area contributed by atoms with Crippen LogP contribution in [0.2, 0.25) is 0 Å². The standard InChI is InChI=1S/C6H9N3O2S/c7-5-3-8-6(12(5,10)11)9-4-1-2-4/h3-4H,1-2,7H2,(H,8,9). The number of hydrogen-bond acceptors (Lipinski definition) is 4. The molecule has 5 nitrogen and oxygen atoms in total. The van der Waals surface area contributed by atoms with Crippen LogP contribution in [0.3, 0.4) is 0 Å². The highest BCUT2D eigenvalue weighted by Gasteiger charge is 2.31. The molecule has 0 unspecified atom stereocenters. The third-order valence-electron chi connectivity index (χ3n) is 1.75. The molecule has 0 aromatic heterocycles. The zero-order valence-corrected chi connectivity index (χ0v) is 7.13. The summed E-state index contributed by atoms with van der Waals surface area (Å²) in [6.07, 6.45) is 3.21. The summed E-state index contributed by atoms with van der Waals surface area (Å²) in [5, 5.41) is 2.39. The monoisotopic (exact) mass is 187 g/mol. The van der Waals surface area contributed by atoms with Crippen molar-refractivity contribution < 1.29 is 8.42 Å². The summed E-state index contributed by atoms with van der Waals surface area (Å²) in [7, 11) is -3.44. The van der Waals surface area contributed by atoms with Gasteiger partial charge in [-0.3, -0.25) is 4.99 Å². The van der Waals surface area contributed by atoms with Crippen molar-refractivity contribution in [1.82, 2.24) is 5.32 Å². The predicted molar refractivity (Wildman–Crippen MR) is 44.8 cm³/mol. The van der Waals surface area contributed by atoms with Crippen molar-refractivity contribution in [2.45, 2.75) is 18.9 Å². The van der Waals surface area contributed by atoms with Gasteiger partial charge in [0, 0.05) is 6.20 Å². The Morgan fingerprint density at radius 2 is 2.25 bits per heavy atom. The van der Waals surface area contributed by atoms with Crippen molar-refractivity contribution in [2.24, 2.45) is 10.7 Å². The van der Waals surface area contributed by atoms with Crippen LogP contribution in [0.5, 0.6) is 0 Å². The maximum atomic E-state index is 11.3. The highest BCUT2D eigenvalue weighted by atomic mass is 32.2. The third-order valence-corrected chi connectivity index (χ3v) is 3.22. The predicted octanol–water partition coefficient (Wildman–Crippen LogP) is -0.720. The zero-order chi connectivity index (χ0) is 8.77. The molecular weight excluding hydrogens is 178 g/mol. The van der Waals surface area contributed by atoms with Gasteiger partial charge >= 0.3 is 0 Å². The third kappa shape index (κ3) is 1.08.